The lowest BCUT2D eigenvalue weighted by Gasteiger charge is -2.32. The minimum Gasteiger partial charge on any atom is -0.320 e. The first-order valence-corrected chi connectivity index (χ1v) is 7.97. The molecule has 1 heterocycles. The van der Waals surface area contributed by atoms with Gasteiger partial charge in [-0.1, -0.05) is 42.5 Å². The Kier molecular flexibility index (Phi) is 4.88. The number of benzene rings is 2. The van der Waals surface area contributed by atoms with E-state index in [4.69, 9.17) is 0 Å². The minimum absolute atomic E-state index is 0.138. The normalized spacial score (nSPS) is 14.8. The van der Waals surface area contributed by atoms with E-state index < -0.39 is 23.5 Å². The van der Waals surface area contributed by atoms with E-state index >= 15 is 0 Å². The van der Waals surface area contributed by atoms with Crippen molar-refractivity contribution < 1.29 is 18.8 Å². The van der Waals surface area contributed by atoms with Gasteiger partial charge in [-0.05, 0) is 24.1 Å². The van der Waals surface area contributed by atoms with Crippen molar-refractivity contribution in [2.45, 2.75) is 6.42 Å². The molecule has 0 saturated carbocycles. The maximum atomic E-state index is 13.7. The third-order valence-corrected chi connectivity index (χ3v) is 4.11. The first-order chi connectivity index (χ1) is 12.1. The second-order valence-corrected chi connectivity index (χ2v) is 5.82. The van der Waals surface area contributed by atoms with E-state index in [1.54, 1.807) is 0 Å². The molecule has 0 bridgehead atoms. The standard InChI is InChI=1S/C19H17FN2O3/c20-16-9-5-4-8-15(16)19(25)21-12-17(23)22(18(24)13-21)11-10-14-6-2-1-3-7-14/h1-9H,10-13H2. The number of amides is 3. The van der Waals surface area contributed by atoms with Crippen LogP contribution in [0.1, 0.15) is 15.9 Å². The summed E-state index contributed by atoms with van der Waals surface area (Å²) in [6.45, 7) is -0.190. The van der Waals surface area contributed by atoms with Gasteiger partial charge in [0.1, 0.15) is 18.9 Å². The van der Waals surface area contributed by atoms with Gasteiger partial charge in [0.15, 0.2) is 0 Å². The van der Waals surface area contributed by atoms with Crippen molar-refractivity contribution in [2.75, 3.05) is 19.6 Å². The Hall–Kier alpha value is -3.02. The Bertz CT molecular complexity index is 789. The molecule has 0 spiro atoms. The molecule has 0 aromatic heterocycles. The van der Waals surface area contributed by atoms with Gasteiger partial charge in [0, 0.05) is 6.54 Å². The maximum absolute atomic E-state index is 13.7. The molecule has 128 valence electrons. The molecule has 1 aliphatic heterocycles. The fourth-order valence-corrected chi connectivity index (χ4v) is 2.78. The Morgan fingerprint density at radius 1 is 0.920 bits per heavy atom. The highest BCUT2D eigenvalue weighted by atomic mass is 19.1. The molecule has 3 amide bonds. The first kappa shape index (κ1) is 16.8. The summed E-state index contributed by atoms with van der Waals surface area (Å²) >= 11 is 0. The van der Waals surface area contributed by atoms with Gasteiger partial charge in [-0.25, -0.2) is 4.39 Å². The van der Waals surface area contributed by atoms with Gasteiger partial charge < -0.3 is 4.90 Å². The van der Waals surface area contributed by atoms with Crippen molar-refractivity contribution in [3.63, 3.8) is 0 Å². The fourth-order valence-electron chi connectivity index (χ4n) is 2.78. The summed E-state index contributed by atoms with van der Waals surface area (Å²) < 4.78 is 13.7. The highest BCUT2D eigenvalue weighted by Gasteiger charge is 2.34. The molecule has 0 aliphatic carbocycles. The summed E-state index contributed by atoms with van der Waals surface area (Å²) in [7, 11) is 0. The quantitative estimate of drug-likeness (QED) is 0.799. The lowest BCUT2D eigenvalue weighted by atomic mass is 10.1. The number of carbonyl (C=O) groups is 3. The zero-order chi connectivity index (χ0) is 17.8. The summed E-state index contributed by atoms with van der Waals surface area (Å²) in [5.74, 6) is -2.21. The summed E-state index contributed by atoms with van der Waals surface area (Å²) in [6, 6.07) is 15.1. The second-order valence-electron chi connectivity index (χ2n) is 5.82. The molecule has 1 aliphatic rings. The van der Waals surface area contributed by atoms with Gasteiger partial charge in [0.25, 0.3) is 5.91 Å². The van der Waals surface area contributed by atoms with Crippen LogP contribution in [-0.4, -0.2) is 47.2 Å². The van der Waals surface area contributed by atoms with Crippen molar-refractivity contribution in [1.82, 2.24) is 9.80 Å². The van der Waals surface area contributed by atoms with Crippen LogP contribution < -0.4 is 0 Å². The third-order valence-electron chi connectivity index (χ3n) is 4.11. The smallest absolute Gasteiger partial charge is 0.257 e. The number of rotatable bonds is 4. The predicted octanol–water partition coefficient (Wildman–Crippen LogP) is 1.88. The molecule has 5 nitrogen and oxygen atoms in total. The van der Waals surface area contributed by atoms with Crippen LogP contribution >= 0.6 is 0 Å². The van der Waals surface area contributed by atoms with Gasteiger partial charge in [-0.3, -0.25) is 19.3 Å². The summed E-state index contributed by atoms with van der Waals surface area (Å²) in [6.07, 6.45) is 0.555. The molecule has 3 rings (SSSR count). The van der Waals surface area contributed by atoms with Gasteiger partial charge >= 0.3 is 0 Å². The summed E-state index contributed by atoms with van der Waals surface area (Å²) in [4.78, 5) is 39.2. The number of piperazine rings is 1. The van der Waals surface area contributed by atoms with Crippen LogP contribution in [0, 0.1) is 5.82 Å². The number of nitrogens with zero attached hydrogens (tertiary/aromatic N) is 2. The topological polar surface area (TPSA) is 57.7 Å². The maximum Gasteiger partial charge on any atom is 0.257 e. The molecular formula is C19H17FN2O3. The Morgan fingerprint density at radius 3 is 2.16 bits per heavy atom. The second kappa shape index (κ2) is 7.25. The highest BCUT2D eigenvalue weighted by molar-refractivity contribution is 6.05. The third kappa shape index (κ3) is 3.74. The van der Waals surface area contributed by atoms with Gasteiger partial charge in [0.2, 0.25) is 11.8 Å². The Labute approximate surface area is 144 Å². The van der Waals surface area contributed by atoms with Crippen molar-refractivity contribution in [2.24, 2.45) is 0 Å². The lowest BCUT2D eigenvalue weighted by molar-refractivity contribution is -0.150. The van der Waals surface area contributed by atoms with Gasteiger partial charge in [-0.2, -0.15) is 0 Å². The van der Waals surface area contributed by atoms with Crippen molar-refractivity contribution in [1.29, 1.82) is 0 Å². The Balaban J connectivity index is 1.66. The van der Waals surface area contributed by atoms with Crippen LogP contribution in [0.25, 0.3) is 0 Å². The van der Waals surface area contributed by atoms with E-state index in [9.17, 15) is 18.8 Å². The lowest BCUT2D eigenvalue weighted by Crippen LogP contribution is -2.56. The zero-order valence-corrected chi connectivity index (χ0v) is 13.5. The van der Waals surface area contributed by atoms with E-state index in [2.05, 4.69) is 0 Å². The van der Waals surface area contributed by atoms with Crippen LogP contribution in [-0.2, 0) is 16.0 Å². The van der Waals surface area contributed by atoms with Crippen LogP contribution in [0.2, 0.25) is 0 Å². The number of hydrogen-bond donors (Lipinski definition) is 0. The molecule has 0 N–H and O–H groups in total. The SMILES string of the molecule is O=C(c1ccccc1F)N1CC(=O)N(CCc2ccccc2)C(=O)C1. The average Bonchev–Trinajstić information content (AvgIpc) is 2.61. The van der Waals surface area contributed by atoms with Gasteiger partial charge in [0.05, 0.1) is 5.56 Å². The monoisotopic (exact) mass is 340 g/mol. The molecule has 2 aromatic rings. The molecule has 0 radical (unpaired) electrons. The van der Waals surface area contributed by atoms with Crippen molar-refractivity contribution >= 4 is 17.7 Å². The minimum atomic E-state index is -0.668. The highest BCUT2D eigenvalue weighted by Crippen LogP contribution is 2.14. The zero-order valence-electron chi connectivity index (χ0n) is 13.5. The van der Waals surface area contributed by atoms with Crippen molar-refractivity contribution in [3.05, 3.63) is 71.5 Å². The van der Waals surface area contributed by atoms with Gasteiger partial charge in [-0.15, -0.1) is 0 Å². The van der Waals surface area contributed by atoms with Crippen LogP contribution in [0.15, 0.2) is 54.6 Å². The van der Waals surface area contributed by atoms with E-state index in [0.29, 0.717) is 6.42 Å². The summed E-state index contributed by atoms with van der Waals surface area (Å²) in [5.41, 5.74) is 0.883. The number of halogens is 1. The molecular weight excluding hydrogens is 323 g/mol. The molecule has 1 saturated heterocycles. The van der Waals surface area contributed by atoms with E-state index in [0.717, 1.165) is 15.4 Å². The molecule has 0 atom stereocenters. The molecule has 0 unspecified atom stereocenters. The molecule has 2 aromatic carbocycles. The largest absolute Gasteiger partial charge is 0.320 e. The van der Waals surface area contributed by atoms with E-state index in [1.807, 2.05) is 30.3 Å². The molecule has 6 heteroatoms. The molecule has 1 fully saturated rings. The number of hydrogen-bond acceptors (Lipinski definition) is 3. The van der Waals surface area contributed by atoms with E-state index in [-0.39, 0.29) is 25.2 Å². The van der Waals surface area contributed by atoms with Crippen molar-refractivity contribution in [3.8, 4) is 0 Å². The number of carbonyl (C=O) groups excluding carboxylic acids is 3. The van der Waals surface area contributed by atoms with Crippen LogP contribution in [0.5, 0.6) is 0 Å². The van der Waals surface area contributed by atoms with Crippen LogP contribution in [0.4, 0.5) is 4.39 Å². The fraction of sp³-hybridized carbons (Fsp3) is 0.211. The predicted molar refractivity (Wildman–Crippen MR) is 89.2 cm³/mol. The number of imide groups is 1. The molecule has 25 heavy (non-hydrogen) atoms. The summed E-state index contributed by atoms with van der Waals surface area (Å²) in [5, 5.41) is 0. The Morgan fingerprint density at radius 2 is 1.52 bits per heavy atom. The van der Waals surface area contributed by atoms with Crippen LogP contribution in [0.3, 0.4) is 0 Å². The van der Waals surface area contributed by atoms with E-state index in [1.165, 1.54) is 24.3 Å². The average molecular weight is 340 g/mol. The first-order valence-electron chi connectivity index (χ1n) is 7.97.